The van der Waals surface area contributed by atoms with Crippen molar-refractivity contribution >= 4 is 11.6 Å². The number of ether oxygens (including phenoxy) is 1. The van der Waals surface area contributed by atoms with Gasteiger partial charge >= 0.3 is 0 Å². The lowest BCUT2D eigenvalue weighted by molar-refractivity contribution is -0.121. The van der Waals surface area contributed by atoms with Gasteiger partial charge in [0.1, 0.15) is 5.75 Å². The first kappa shape index (κ1) is 19.2. The maximum atomic E-state index is 13.0. The lowest BCUT2D eigenvalue weighted by Crippen LogP contribution is -2.40. The molecule has 1 fully saturated rings. The molecule has 0 bridgehead atoms. The lowest BCUT2D eigenvalue weighted by Gasteiger charge is -2.31. The van der Waals surface area contributed by atoms with Crippen molar-refractivity contribution in [3.8, 4) is 16.9 Å². The maximum absolute atomic E-state index is 13.0. The molecule has 1 atom stereocenters. The number of aromatic amines is 1. The van der Waals surface area contributed by atoms with Gasteiger partial charge in [0.15, 0.2) is 0 Å². The van der Waals surface area contributed by atoms with E-state index in [0.717, 1.165) is 60.7 Å². The van der Waals surface area contributed by atoms with Gasteiger partial charge in [-0.2, -0.15) is 5.10 Å². The summed E-state index contributed by atoms with van der Waals surface area (Å²) < 4.78 is 5.25. The third-order valence-corrected chi connectivity index (χ3v) is 5.41. The summed E-state index contributed by atoms with van der Waals surface area (Å²) in [6.07, 6.45) is 3.70. The van der Waals surface area contributed by atoms with Crippen molar-refractivity contribution < 1.29 is 9.53 Å². The number of rotatable bonds is 6. The van der Waals surface area contributed by atoms with Crippen LogP contribution in [0.4, 0.5) is 5.69 Å². The molecule has 2 heterocycles. The minimum absolute atomic E-state index is 0.0180. The molecule has 1 amide bonds. The van der Waals surface area contributed by atoms with Crippen LogP contribution in [-0.2, 0) is 11.3 Å². The molecule has 3 aromatic rings. The molecule has 0 radical (unpaired) electrons. The number of methoxy groups -OCH3 is 1. The molecule has 1 aliphatic heterocycles. The molecular weight excluding hydrogens is 364 g/mol. The Labute approximate surface area is 170 Å². The Balaban J connectivity index is 1.45. The Kier molecular flexibility index (Phi) is 5.91. The highest BCUT2D eigenvalue weighted by molar-refractivity contribution is 5.97. The second-order valence-corrected chi connectivity index (χ2v) is 7.42. The molecule has 1 aliphatic rings. The normalized spacial score (nSPS) is 17.1. The summed E-state index contributed by atoms with van der Waals surface area (Å²) in [5, 5.41) is 10.2. The first-order chi connectivity index (χ1) is 14.2. The first-order valence-electron chi connectivity index (χ1n) is 9.98. The van der Waals surface area contributed by atoms with Crippen molar-refractivity contribution in [3.63, 3.8) is 0 Å². The van der Waals surface area contributed by atoms with Gasteiger partial charge in [-0.3, -0.25) is 14.8 Å². The van der Waals surface area contributed by atoms with Crippen LogP contribution < -0.4 is 10.1 Å². The Bertz CT molecular complexity index is 938. The van der Waals surface area contributed by atoms with Gasteiger partial charge in [-0.15, -0.1) is 0 Å². The maximum Gasteiger partial charge on any atom is 0.228 e. The summed E-state index contributed by atoms with van der Waals surface area (Å²) in [5.74, 6) is 0.880. The Morgan fingerprint density at radius 3 is 2.79 bits per heavy atom. The molecule has 29 heavy (non-hydrogen) atoms. The van der Waals surface area contributed by atoms with E-state index in [2.05, 4.69) is 20.4 Å². The van der Waals surface area contributed by atoms with Gasteiger partial charge in [0.05, 0.1) is 13.0 Å². The Hall–Kier alpha value is -3.12. The van der Waals surface area contributed by atoms with Crippen LogP contribution in [0.5, 0.6) is 5.75 Å². The number of nitrogens with zero attached hydrogens (tertiary/aromatic N) is 2. The minimum Gasteiger partial charge on any atom is -0.497 e. The van der Waals surface area contributed by atoms with Crippen molar-refractivity contribution in [1.82, 2.24) is 15.1 Å². The number of anilines is 1. The predicted molar refractivity (Wildman–Crippen MR) is 114 cm³/mol. The molecular formula is C23H26N4O2. The van der Waals surface area contributed by atoms with E-state index in [0.29, 0.717) is 0 Å². The zero-order valence-electron chi connectivity index (χ0n) is 16.6. The quantitative estimate of drug-likeness (QED) is 0.669. The molecule has 0 aliphatic carbocycles. The van der Waals surface area contributed by atoms with Crippen LogP contribution in [0.1, 0.15) is 18.5 Å². The average molecular weight is 390 g/mol. The predicted octanol–water partition coefficient (Wildman–Crippen LogP) is 3.94. The topological polar surface area (TPSA) is 70.2 Å². The summed E-state index contributed by atoms with van der Waals surface area (Å²) in [5.41, 5.74) is 3.98. The van der Waals surface area contributed by atoms with Crippen LogP contribution >= 0.6 is 0 Å². The molecule has 2 aromatic carbocycles. The minimum atomic E-state index is -0.0180. The molecule has 1 saturated heterocycles. The van der Waals surface area contributed by atoms with Gasteiger partial charge in [0.25, 0.3) is 0 Å². The summed E-state index contributed by atoms with van der Waals surface area (Å²) in [7, 11) is 1.66. The van der Waals surface area contributed by atoms with Gasteiger partial charge in [-0.1, -0.05) is 30.3 Å². The van der Waals surface area contributed by atoms with Gasteiger partial charge in [0, 0.05) is 36.2 Å². The number of hydrogen-bond acceptors (Lipinski definition) is 4. The van der Waals surface area contributed by atoms with Crippen molar-refractivity contribution in [2.24, 2.45) is 5.92 Å². The molecule has 2 N–H and O–H groups in total. The SMILES string of the molecule is COc1ccc(-c2ccccc2NC(=O)C2CCCN(Cc3ccn[nH]3)C2)cc1. The van der Waals surface area contributed by atoms with Crippen molar-refractivity contribution in [2.45, 2.75) is 19.4 Å². The highest BCUT2D eigenvalue weighted by atomic mass is 16.5. The third-order valence-electron chi connectivity index (χ3n) is 5.41. The van der Waals surface area contributed by atoms with Gasteiger partial charge < -0.3 is 10.1 Å². The third kappa shape index (κ3) is 4.66. The molecule has 6 nitrogen and oxygen atoms in total. The number of likely N-dealkylation sites (tertiary alicyclic amines) is 1. The molecule has 0 spiro atoms. The molecule has 6 heteroatoms. The summed E-state index contributed by atoms with van der Waals surface area (Å²) in [4.78, 5) is 15.3. The van der Waals surface area contributed by atoms with Gasteiger partial charge in [0.2, 0.25) is 5.91 Å². The summed E-state index contributed by atoms with van der Waals surface area (Å²) >= 11 is 0. The highest BCUT2D eigenvalue weighted by Gasteiger charge is 2.26. The number of hydrogen-bond donors (Lipinski definition) is 2. The number of para-hydroxylation sites is 1. The molecule has 1 unspecified atom stereocenters. The number of nitrogens with one attached hydrogen (secondary N) is 2. The van der Waals surface area contributed by atoms with Crippen LogP contribution in [-0.4, -0.2) is 41.2 Å². The molecule has 1 aromatic heterocycles. The number of H-pyrrole nitrogens is 1. The van der Waals surface area contributed by atoms with E-state index in [9.17, 15) is 4.79 Å². The van der Waals surface area contributed by atoms with Crippen LogP contribution in [0.25, 0.3) is 11.1 Å². The Morgan fingerprint density at radius 2 is 2.03 bits per heavy atom. The standard InChI is InChI=1S/C23H26N4O2/c1-29-20-10-8-17(9-11-20)21-6-2-3-7-22(21)25-23(28)18-5-4-14-27(15-18)16-19-12-13-24-26-19/h2-3,6-13,18H,4-5,14-16H2,1H3,(H,24,26)(H,25,28). The number of carbonyl (C=O) groups is 1. The van der Waals surface area contributed by atoms with E-state index >= 15 is 0 Å². The molecule has 150 valence electrons. The Morgan fingerprint density at radius 1 is 1.21 bits per heavy atom. The van der Waals surface area contributed by atoms with Crippen molar-refractivity contribution in [1.29, 1.82) is 0 Å². The monoisotopic (exact) mass is 390 g/mol. The van der Waals surface area contributed by atoms with E-state index in [1.807, 2.05) is 54.6 Å². The fourth-order valence-corrected chi connectivity index (χ4v) is 3.88. The second kappa shape index (κ2) is 8.92. The number of carbonyl (C=O) groups excluding carboxylic acids is 1. The van der Waals surface area contributed by atoms with Gasteiger partial charge in [-0.25, -0.2) is 0 Å². The zero-order valence-corrected chi connectivity index (χ0v) is 16.6. The number of piperidine rings is 1. The van der Waals surface area contributed by atoms with E-state index in [-0.39, 0.29) is 11.8 Å². The number of aromatic nitrogens is 2. The van der Waals surface area contributed by atoms with Crippen LogP contribution in [0.3, 0.4) is 0 Å². The average Bonchev–Trinajstić information content (AvgIpc) is 3.27. The first-order valence-corrected chi connectivity index (χ1v) is 9.98. The zero-order chi connectivity index (χ0) is 20.1. The van der Waals surface area contributed by atoms with E-state index < -0.39 is 0 Å². The fraction of sp³-hybridized carbons (Fsp3) is 0.304. The van der Waals surface area contributed by atoms with Crippen molar-refractivity contribution in [3.05, 3.63) is 66.5 Å². The summed E-state index contributed by atoms with van der Waals surface area (Å²) in [6, 6.07) is 17.8. The summed E-state index contributed by atoms with van der Waals surface area (Å²) in [6.45, 7) is 2.56. The molecule has 4 rings (SSSR count). The van der Waals surface area contributed by atoms with E-state index in [4.69, 9.17) is 4.74 Å². The second-order valence-electron chi connectivity index (χ2n) is 7.42. The smallest absolute Gasteiger partial charge is 0.228 e. The molecule has 0 saturated carbocycles. The number of amides is 1. The lowest BCUT2D eigenvalue weighted by atomic mass is 9.96. The van der Waals surface area contributed by atoms with Crippen LogP contribution in [0, 0.1) is 5.92 Å². The van der Waals surface area contributed by atoms with Crippen LogP contribution in [0.15, 0.2) is 60.8 Å². The largest absolute Gasteiger partial charge is 0.497 e. The van der Waals surface area contributed by atoms with Crippen molar-refractivity contribution in [2.75, 3.05) is 25.5 Å². The van der Waals surface area contributed by atoms with Crippen LogP contribution in [0.2, 0.25) is 0 Å². The van der Waals surface area contributed by atoms with E-state index in [1.165, 1.54) is 0 Å². The highest BCUT2D eigenvalue weighted by Crippen LogP contribution is 2.30. The number of benzene rings is 2. The van der Waals surface area contributed by atoms with Gasteiger partial charge in [-0.05, 0) is 49.2 Å². The fourth-order valence-electron chi connectivity index (χ4n) is 3.88. The van der Waals surface area contributed by atoms with E-state index in [1.54, 1.807) is 13.3 Å².